The van der Waals surface area contributed by atoms with E-state index in [0.717, 1.165) is 23.2 Å². The number of aliphatic imine (C=N–C) groups is 1. The van der Waals surface area contributed by atoms with Crippen LogP contribution in [0, 0.1) is 5.82 Å². The van der Waals surface area contributed by atoms with Crippen molar-refractivity contribution >= 4 is 29.0 Å². The van der Waals surface area contributed by atoms with Crippen LogP contribution in [0.3, 0.4) is 0 Å². The number of anilines is 1. The van der Waals surface area contributed by atoms with Gasteiger partial charge in [-0.15, -0.1) is 0 Å². The summed E-state index contributed by atoms with van der Waals surface area (Å²) in [6.45, 7) is 0.809. The lowest BCUT2D eigenvalue weighted by molar-refractivity contribution is -0.140. The zero-order valence-electron chi connectivity index (χ0n) is 20.0. The molecule has 180 valence electrons. The van der Waals surface area contributed by atoms with Crippen molar-refractivity contribution in [3.63, 3.8) is 0 Å². The SMILES string of the molecule is COC(=O)CCc1cccc(C(=Nc2ccc(CN(C)C)cc2)C2C(=O)Nc3cc(F)ccc32)c1. The molecule has 0 saturated heterocycles. The standard InChI is InChI=1S/C28H28FN3O3/c1-32(2)17-19-7-11-22(12-8-19)30-27(20-6-4-5-18(15-20)9-14-25(33)35-3)26-23-13-10-21(29)16-24(23)31-28(26)34/h4-8,10-13,15-16,26H,9,14,17H2,1-3H3,(H,31,34). The van der Waals surface area contributed by atoms with Gasteiger partial charge in [0.05, 0.1) is 18.5 Å². The molecular formula is C28H28FN3O3. The van der Waals surface area contributed by atoms with Gasteiger partial charge in [0, 0.05) is 18.7 Å². The van der Waals surface area contributed by atoms with Gasteiger partial charge >= 0.3 is 5.97 Å². The molecule has 0 radical (unpaired) electrons. The maximum absolute atomic E-state index is 13.8. The van der Waals surface area contributed by atoms with E-state index in [1.54, 1.807) is 6.07 Å². The van der Waals surface area contributed by atoms with E-state index >= 15 is 0 Å². The van der Waals surface area contributed by atoms with Crippen molar-refractivity contribution in [2.75, 3.05) is 26.5 Å². The van der Waals surface area contributed by atoms with Crippen molar-refractivity contribution in [3.8, 4) is 0 Å². The monoisotopic (exact) mass is 473 g/mol. The summed E-state index contributed by atoms with van der Waals surface area (Å²) in [5.41, 5.74) is 5.26. The van der Waals surface area contributed by atoms with Crippen molar-refractivity contribution in [2.45, 2.75) is 25.3 Å². The quantitative estimate of drug-likeness (QED) is 0.375. The number of esters is 1. The van der Waals surface area contributed by atoms with E-state index in [0.29, 0.717) is 29.1 Å². The summed E-state index contributed by atoms with van der Waals surface area (Å²) in [6, 6.07) is 19.9. The summed E-state index contributed by atoms with van der Waals surface area (Å²) >= 11 is 0. The molecule has 1 N–H and O–H groups in total. The second-order valence-corrected chi connectivity index (χ2v) is 8.83. The van der Waals surface area contributed by atoms with Crippen molar-refractivity contribution in [1.29, 1.82) is 0 Å². The Bertz CT molecular complexity index is 1270. The Kier molecular flexibility index (Phi) is 7.36. The molecule has 0 fully saturated rings. The summed E-state index contributed by atoms with van der Waals surface area (Å²) in [6.07, 6.45) is 0.761. The highest BCUT2D eigenvalue weighted by molar-refractivity contribution is 6.24. The van der Waals surface area contributed by atoms with Crippen molar-refractivity contribution in [3.05, 3.63) is 94.8 Å². The van der Waals surface area contributed by atoms with Gasteiger partial charge in [-0.1, -0.05) is 36.4 Å². The third kappa shape index (κ3) is 5.81. The van der Waals surface area contributed by atoms with Crippen molar-refractivity contribution < 1.29 is 18.7 Å². The van der Waals surface area contributed by atoms with Crippen molar-refractivity contribution in [2.24, 2.45) is 4.99 Å². The molecule has 0 aliphatic carbocycles. The lowest BCUT2D eigenvalue weighted by Crippen LogP contribution is -2.22. The average Bonchev–Trinajstić information content (AvgIpc) is 3.16. The Morgan fingerprint density at radius 1 is 1.06 bits per heavy atom. The molecular weight excluding hydrogens is 445 g/mol. The number of nitrogens with one attached hydrogen (secondary N) is 1. The summed E-state index contributed by atoms with van der Waals surface area (Å²) in [4.78, 5) is 31.7. The second kappa shape index (κ2) is 10.6. The molecule has 3 aromatic carbocycles. The van der Waals surface area contributed by atoms with Gasteiger partial charge in [0.2, 0.25) is 5.91 Å². The first-order valence-corrected chi connectivity index (χ1v) is 11.4. The first-order valence-electron chi connectivity index (χ1n) is 11.4. The van der Waals surface area contributed by atoms with Gasteiger partial charge in [-0.3, -0.25) is 14.6 Å². The lowest BCUT2D eigenvalue weighted by atomic mass is 9.89. The largest absolute Gasteiger partial charge is 0.469 e. The number of amides is 1. The van der Waals surface area contributed by atoms with Crippen LogP contribution in [0.25, 0.3) is 0 Å². The molecule has 3 aromatic rings. The predicted octanol–water partition coefficient (Wildman–Crippen LogP) is 4.85. The zero-order valence-corrected chi connectivity index (χ0v) is 20.0. The number of methoxy groups -OCH3 is 1. The number of halogens is 1. The number of ether oxygens (including phenoxy) is 1. The molecule has 1 aliphatic rings. The van der Waals surface area contributed by atoms with Crippen LogP contribution >= 0.6 is 0 Å². The summed E-state index contributed by atoms with van der Waals surface area (Å²) in [5.74, 6) is -1.64. The topological polar surface area (TPSA) is 71.0 Å². The van der Waals surface area contributed by atoms with Crippen LogP contribution in [0.1, 0.15) is 34.6 Å². The second-order valence-electron chi connectivity index (χ2n) is 8.83. The Hall–Kier alpha value is -3.84. The molecule has 1 amide bonds. The molecule has 1 atom stereocenters. The van der Waals surface area contributed by atoms with Crippen molar-refractivity contribution in [1.82, 2.24) is 4.90 Å². The molecule has 1 heterocycles. The van der Waals surface area contributed by atoms with Gasteiger partial charge in [-0.05, 0) is 73.1 Å². The summed E-state index contributed by atoms with van der Waals surface area (Å²) in [5, 5.41) is 2.79. The first kappa shape index (κ1) is 24.3. The van der Waals surface area contributed by atoms with E-state index in [4.69, 9.17) is 9.73 Å². The highest BCUT2D eigenvalue weighted by atomic mass is 19.1. The molecule has 1 unspecified atom stereocenters. The maximum atomic E-state index is 13.8. The van der Waals surface area contributed by atoms with E-state index in [-0.39, 0.29) is 18.3 Å². The van der Waals surface area contributed by atoms with E-state index < -0.39 is 11.7 Å². The summed E-state index contributed by atoms with van der Waals surface area (Å²) in [7, 11) is 5.39. The van der Waals surface area contributed by atoms with Gasteiger partial charge < -0.3 is 15.0 Å². The minimum Gasteiger partial charge on any atom is -0.469 e. The number of fused-ring (bicyclic) bond motifs is 1. The van der Waals surface area contributed by atoms with Crippen LogP contribution in [0.4, 0.5) is 15.8 Å². The third-order valence-electron chi connectivity index (χ3n) is 5.87. The minimum atomic E-state index is -0.692. The number of rotatable bonds is 8. The molecule has 0 saturated carbocycles. The Morgan fingerprint density at radius 3 is 2.54 bits per heavy atom. The number of hydrogen-bond donors (Lipinski definition) is 1. The predicted molar refractivity (Wildman–Crippen MR) is 135 cm³/mol. The molecule has 1 aliphatic heterocycles. The van der Waals surface area contributed by atoms with Gasteiger partial charge in [0.25, 0.3) is 0 Å². The van der Waals surface area contributed by atoms with Gasteiger partial charge in [-0.2, -0.15) is 0 Å². The summed E-state index contributed by atoms with van der Waals surface area (Å²) < 4.78 is 18.6. The molecule has 0 aromatic heterocycles. The van der Waals surface area contributed by atoms with E-state index in [2.05, 4.69) is 10.2 Å². The Morgan fingerprint density at radius 2 is 1.83 bits per heavy atom. The maximum Gasteiger partial charge on any atom is 0.305 e. The highest BCUT2D eigenvalue weighted by Gasteiger charge is 2.35. The van der Waals surface area contributed by atoms with Gasteiger partial charge in [-0.25, -0.2) is 4.39 Å². The van der Waals surface area contributed by atoms with Crippen LogP contribution in [0.2, 0.25) is 0 Å². The van der Waals surface area contributed by atoms with Gasteiger partial charge in [0.1, 0.15) is 11.7 Å². The van der Waals surface area contributed by atoms with Gasteiger partial charge in [0.15, 0.2) is 0 Å². The number of aryl methyl sites for hydroxylation is 1. The fourth-order valence-corrected chi connectivity index (χ4v) is 4.22. The average molecular weight is 474 g/mol. The smallest absolute Gasteiger partial charge is 0.305 e. The van der Waals surface area contributed by atoms with E-state index in [1.165, 1.54) is 19.2 Å². The normalized spacial score (nSPS) is 15.2. The van der Waals surface area contributed by atoms with Crippen LogP contribution < -0.4 is 5.32 Å². The van der Waals surface area contributed by atoms with Crippen LogP contribution in [-0.4, -0.2) is 43.7 Å². The number of benzene rings is 3. The molecule has 7 heteroatoms. The number of carbonyl (C=O) groups excluding carboxylic acids is 2. The van der Waals surface area contributed by atoms with Crippen LogP contribution in [0.5, 0.6) is 0 Å². The number of carbonyl (C=O) groups is 2. The first-order chi connectivity index (χ1) is 16.8. The Balaban J connectivity index is 1.76. The molecule has 0 bridgehead atoms. The minimum absolute atomic E-state index is 0.256. The third-order valence-corrected chi connectivity index (χ3v) is 5.87. The molecule has 6 nitrogen and oxygen atoms in total. The molecule has 4 rings (SSSR count). The fourth-order valence-electron chi connectivity index (χ4n) is 4.22. The number of nitrogens with zero attached hydrogens (tertiary/aromatic N) is 2. The number of hydrogen-bond acceptors (Lipinski definition) is 5. The van der Waals surface area contributed by atoms with E-state index in [1.807, 2.05) is 62.6 Å². The van der Waals surface area contributed by atoms with E-state index in [9.17, 15) is 14.0 Å². The van der Waals surface area contributed by atoms with Crippen LogP contribution in [-0.2, 0) is 27.3 Å². The Labute approximate surface area is 204 Å². The highest BCUT2D eigenvalue weighted by Crippen LogP contribution is 2.37. The lowest BCUT2D eigenvalue weighted by Gasteiger charge is -2.15. The molecule has 0 spiro atoms. The fraction of sp³-hybridized carbons (Fsp3) is 0.250. The van der Waals surface area contributed by atoms with Crippen LogP contribution in [0.15, 0.2) is 71.7 Å². The zero-order chi connectivity index (χ0) is 24.9. The molecule has 35 heavy (non-hydrogen) atoms.